The van der Waals surface area contributed by atoms with E-state index in [2.05, 4.69) is 24.1 Å². The van der Waals surface area contributed by atoms with Crippen LogP contribution in [0.1, 0.15) is 35.6 Å². The molecule has 0 bridgehead atoms. The van der Waals surface area contributed by atoms with Gasteiger partial charge >= 0.3 is 6.09 Å². The Kier molecular flexibility index (Phi) is 4.16. The fourth-order valence-electron chi connectivity index (χ4n) is 5.20. The van der Waals surface area contributed by atoms with Crippen LogP contribution in [0.3, 0.4) is 0 Å². The van der Waals surface area contributed by atoms with Crippen LogP contribution in [-0.2, 0) is 11.2 Å². The second-order valence-corrected chi connectivity index (χ2v) is 8.54. The summed E-state index contributed by atoms with van der Waals surface area (Å²) in [5, 5.41) is 0. The van der Waals surface area contributed by atoms with E-state index in [1.165, 1.54) is 17.7 Å². The summed E-state index contributed by atoms with van der Waals surface area (Å²) in [7, 11) is 2.11. The number of nitrogens with zero attached hydrogens (tertiary/aromatic N) is 2. The number of fused-ring (bicyclic) bond motifs is 1. The van der Waals surface area contributed by atoms with Crippen molar-refractivity contribution in [1.82, 2.24) is 9.80 Å². The van der Waals surface area contributed by atoms with E-state index >= 15 is 0 Å². The quantitative estimate of drug-likeness (QED) is 0.789. The van der Waals surface area contributed by atoms with Crippen LogP contribution in [0.2, 0.25) is 0 Å². The minimum atomic E-state index is -0.271. The van der Waals surface area contributed by atoms with Crippen LogP contribution in [0.4, 0.5) is 9.18 Å². The highest BCUT2D eigenvalue weighted by atomic mass is 19.1. The van der Waals surface area contributed by atoms with E-state index in [-0.39, 0.29) is 29.5 Å². The lowest BCUT2D eigenvalue weighted by Gasteiger charge is -2.59. The van der Waals surface area contributed by atoms with Gasteiger partial charge in [0.15, 0.2) is 0 Å². The van der Waals surface area contributed by atoms with Gasteiger partial charge in [0.2, 0.25) is 0 Å². The number of benzene rings is 2. The first kappa shape index (κ1) is 17.7. The standard InChI is InChI=1S/C23H25FN2O2/c1-25-14-23(15-25)12-10-20(23)28-22(27)26-13-11-16-4-2-3-5-19(16)21(26)17-6-8-18(24)9-7-17/h2-9,20-21H,10-15H2,1H3/t20-,21-/m0/s1. The van der Waals surface area contributed by atoms with Gasteiger partial charge in [-0.05, 0) is 55.1 Å². The summed E-state index contributed by atoms with van der Waals surface area (Å²) < 4.78 is 19.5. The molecule has 2 aromatic rings. The highest BCUT2D eigenvalue weighted by Gasteiger charge is 2.56. The Morgan fingerprint density at radius 1 is 1.14 bits per heavy atom. The maximum Gasteiger partial charge on any atom is 0.410 e. The molecule has 2 atom stereocenters. The van der Waals surface area contributed by atoms with Crippen LogP contribution in [0, 0.1) is 11.2 Å². The Balaban J connectivity index is 1.42. The summed E-state index contributed by atoms with van der Waals surface area (Å²) in [5.74, 6) is -0.271. The molecule has 1 aliphatic carbocycles. The van der Waals surface area contributed by atoms with E-state index in [0.717, 1.165) is 43.5 Å². The van der Waals surface area contributed by atoms with Gasteiger partial charge in [-0.1, -0.05) is 36.4 Å². The molecule has 2 heterocycles. The number of hydrogen-bond acceptors (Lipinski definition) is 3. The molecule has 28 heavy (non-hydrogen) atoms. The molecule has 0 radical (unpaired) electrons. The molecule has 1 spiro atoms. The van der Waals surface area contributed by atoms with E-state index in [4.69, 9.17) is 4.74 Å². The predicted molar refractivity (Wildman–Crippen MR) is 105 cm³/mol. The van der Waals surface area contributed by atoms with Crippen molar-refractivity contribution in [3.05, 3.63) is 71.0 Å². The molecule has 5 rings (SSSR count). The lowest BCUT2D eigenvalue weighted by Crippen LogP contribution is -2.66. The zero-order valence-corrected chi connectivity index (χ0v) is 16.1. The smallest absolute Gasteiger partial charge is 0.410 e. The van der Waals surface area contributed by atoms with Crippen molar-refractivity contribution < 1.29 is 13.9 Å². The van der Waals surface area contributed by atoms with E-state index < -0.39 is 0 Å². The van der Waals surface area contributed by atoms with Gasteiger partial charge in [-0.25, -0.2) is 9.18 Å². The van der Waals surface area contributed by atoms with Crippen molar-refractivity contribution >= 4 is 6.09 Å². The van der Waals surface area contributed by atoms with E-state index in [1.54, 1.807) is 12.1 Å². The Bertz CT molecular complexity index is 892. The molecule has 0 N–H and O–H groups in total. The van der Waals surface area contributed by atoms with Crippen LogP contribution in [0.25, 0.3) is 0 Å². The average Bonchev–Trinajstić information content (AvgIpc) is 2.68. The average molecular weight is 380 g/mol. The van der Waals surface area contributed by atoms with Gasteiger partial charge in [0, 0.05) is 25.0 Å². The fraction of sp³-hybridized carbons (Fsp3) is 0.435. The van der Waals surface area contributed by atoms with Crippen LogP contribution < -0.4 is 0 Å². The summed E-state index contributed by atoms with van der Waals surface area (Å²) in [5.41, 5.74) is 3.42. The lowest BCUT2D eigenvalue weighted by molar-refractivity contribution is -0.156. The minimum Gasteiger partial charge on any atom is -0.445 e. The molecule has 1 saturated heterocycles. The van der Waals surface area contributed by atoms with Gasteiger partial charge in [0.05, 0.1) is 6.04 Å². The highest BCUT2D eigenvalue weighted by molar-refractivity contribution is 5.70. The molecule has 1 amide bonds. The summed E-state index contributed by atoms with van der Waals surface area (Å²) in [6.07, 6.45) is 2.66. The second kappa shape index (κ2) is 6.59. The molecule has 2 aromatic carbocycles. The maximum absolute atomic E-state index is 13.5. The Morgan fingerprint density at radius 2 is 1.89 bits per heavy atom. The van der Waals surface area contributed by atoms with Gasteiger partial charge in [-0.15, -0.1) is 0 Å². The summed E-state index contributed by atoms with van der Waals surface area (Å²) in [6.45, 7) is 2.63. The first-order valence-electron chi connectivity index (χ1n) is 10.0. The first-order chi connectivity index (χ1) is 13.6. The SMILES string of the molecule is CN1CC2(CC[C@@H]2OC(=O)N2CCc3ccccc3[C@@H]2c2ccc(F)cc2)C1. The van der Waals surface area contributed by atoms with E-state index in [0.29, 0.717) is 6.54 Å². The second-order valence-electron chi connectivity index (χ2n) is 8.54. The molecule has 3 aliphatic rings. The first-order valence-corrected chi connectivity index (χ1v) is 10.0. The third kappa shape index (κ3) is 2.80. The van der Waals surface area contributed by atoms with Crippen molar-refractivity contribution in [2.75, 3.05) is 26.7 Å². The van der Waals surface area contributed by atoms with Crippen LogP contribution in [-0.4, -0.2) is 48.7 Å². The Morgan fingerprint density at radius 3 is 2.57 bits per heavy atom. The van der Waals surface area contributed by atoms with Crippen molar-refractivity contribution in [3.8, 4) is 0 Å². The topological polar surface area (TPSA) is 32.8 Å². The van der Waals surface area contributed by atoms with Crippen LogP contribution in [0.5, 0.6) is 0 Å². The van der Waals surface area contributed by atoms with Gasteiger partial charge in [-0.2, -0.15) is 0 Å². The van der Waals surface area contributed by atoms with Crippen molar-refractivity contribution in [1.29, 1.82) is 0 Å². The van der Waals surface area contributed by atoms with E-state index in [9.17, 15) is 9.18 Å². The van der Waals surface area contributed by atoms with Crippen molar-refractivity contribution in [3.63, 3.8) is 0 Å². The third-order valence-corrected chi connectivity index (χ3v) is 6.70. The molecular formula is C23H25FN2O2. The highest BCUT2D eigenvalue weighted by Crippen LogP contribution is 2.50. The van der Waals surface area contributed by atoms with Crippen molar-refractivity contribution in [2.24, 2.45) is 5.41 Å². The van der Waals surface area contributed by atoms with E-state index in [1.807, 2.05) is 17.0 Å². The Hall–Kier alpha value is -2.40. The van der Waals surface area contributed by atoms with Gasteiger partial charge in [0.1, 0.15) is 11.9 Å². The summed E-state index contributed by atoms with van der Waals surface area (Å²) >= 11 is 0. The molecule has 5 heteroatoms. The molecular weight excluding hydrogens is 355 g/mol. The predicted octanol–water partition coefficient (Wildman–Crippen LogP) is 4.00. The summed E-state index contributed by atoms with van der Waals surface area (Å²) in [6, 6.07) is 14.4. The number of carbonyl (C=O) groups is 1. The number of amides is 1. The number of hydrogen-bond donors (Lipinski definition) is 0. The molecule has 0 unspecified atom stereocenters. The number of carbonyl (C=O) groups excluding carboxylic acids is 1. The number of rotatable bonds is 2. The van der Waals surface area contributed by atoms with Gasteiger partial charge < -0.3 is 9.64 Å². The molecule has 4 nitrogen and oxygen atoms in total. The fourth-order valence-corrected chi connectivity index (χ4v) is 5.20. The molecule has 2 aliphatic heterocycles. The maximum atomic E-state index is 13.5. The third-order valence-electron chi connectivity index (χ3n) is 6.70. The van der Waals surface area contributed by atoms with Gasteiger partial charge in [0.25, 0.3) is 0 Å². The molecule has 2 fully saturated rings. The normalized spacial score (nSPS) is 25.6. The molecule has 146 valence electrons. The number of likely N-dealkylation sites (tertiary alicyclic amines) is 1. The molecule has 1 saturated carbocycles. The lowest BCUT2D eigenvalue weighted by atomic mass is 9.61. The summed E-state index contributed by atoms with van der Waals surface area (Å²) in [4.78, 5) is 17.3. The Labute approximate surface area is 164 Å². The van der Waals surface area contributed by atoms with Crippen LogP contribution in [0.15, 0.2) is 48.5 Å². The number of ether oxygens (including phenoxy) is 1. The minimum absolute atomic E-state index is 0.0160. The van der Waals surface area contributed by atoms with Crippen LogP contribution >= 0.6 is 0 Å². The zero-order valence-electron chi connectivity index (χ0n) is 16.1. The van der Waals surface area contributed by atoms with Crippen molar-refractivity contribution in [2.45, 2.75) is 31.4 Å². The van der Waals surface area contributed by atoms with Gasteiger partial charge in [-0.3, -0.25) is 4.90 Å². The zero-order chi connectivity index (χ0) is 19.3. The largest absolute Gasteiger partial charge is 0.445 e. The monoisotopic (exact) mass is 380 g/mol. The molecule has 0 aromatic heterocycles. The number of halogens is 1.